The number of nitrogens with zero attached hydrogens (tertiary/aromatic N) is 3. The van der Waals surface area contributed by atoms with Crippen LogP contribution in [0, 0.1) is 0 Å². The van der Waals surface area contributed by atoms with E-state index in [9.17, 15) is 14.7 Å². The second-order valence-corrected chi connectivity index (χ2v) is 8.34. The lowest BCUT2D eigenvalue weighted by Crippen LogP contribution is -2.47. The molecule has 1 amide bonds. The Labute approximate surface area is 180 Å². The molecule has 158 valence electrons. The van der Waals surface area contributed by atoms with E-state index >= 15 is 0 Å². The fourth-order valence-corrected chi connectivity index (χ4v) is 5.14. The first-order valence-electron chi connectivity index (χ1n) is 10.9. The zero-order valence-corrected chi connectivity index (χ0v) is 17.5. The van der Waals surface area contributed by atoms with Crippen LogP contribution >= 0.6 is 0 Å². The Morgan fingerprint density at radius 1 is 1.00 bits per heavy atom. The monoisotopic (exact) mass is 415 g/mol. The van der Waals surface area contributed by atoms with E-state index in [4.69, 9.17) is 0 Å². The van der Waals surface area contributed by atoms with Crippen LogP contribution < -0.4 is 5.43 Å². The summed E-state index contributed by atoms with van der Waals surface area (Å²) in [7, 11) is 0. The van der Waals surface area contributed by atoms with Gasteiger partial charge < -0.3 is 10.0 Å². The number of hydrogen-bond donors (Lipinski definition) is 1. The van der Waals surface area contributed by atoms with Gasteiger partial charge in [-0.2, -0.15) is 5.10 Å². The van der Waals surface area contributed by atoms with Crippen LogP contribution in [0.5, 0.6) is 5.75 Å². The number of amides is 1. The average molecular weight is 415 g/mol. The summed E-state index contributed by atoms with van der Waals surface area (Å²) in [6, 6.07) is 16.7. The van der Waals surface area contributed by atoms with Crippen molar-refractivity contribution >= 4 is 5.91 Å². The molecular weight excluding hydrogens is 390 g/mol. The van der Waals surface area contributed by atoms with Gasteiger partial charge in [0.25, 0.3) is 5.91 Å². The molecule has 0 radical (unpaired) electrons. The lowest BCUT2D eigenvalue weighted by molar-refractivity contribution is 0.0634. The fourth-order valence-electron chi connectivity index (χ4n) is 5.14. The van der Waals surface area contributed by atoms with Crippen LogP contribution in [0.2, 0.25) is 0 Å². The minimum Gasteiger partial charge on any atom is -0.502 e. The topological polar surface area (TPSA) is 75.4 Å². The highest BCUT2D eigenvalue weighted by atomic mass is 16.3. The summed E-state index contributed by atoms with van der Waals surface area (Å²) in [5.74, 6) is -0.896. The molecule has 3 aromatic rings. The third kappa shape index (κ3) is 3.14. The third-order valence-electron chi connectivity index (χ3n) is 6.52. The minimum atomic E-state index is -0.627. The van der Waals surface area contributed by atoms with Crippen LogP contribution in [-0.4, -0.2) is 38.8 Å². The molecular formula is C25H25N3O3. The van der Waals surface area contributed by atoms with E-state index in [1.807, 2.05) is 6.92 Å². The molecule has 1 aliphatic heterocycles. The van der Waals surface area contributed by atoms with Crippen molar-refractivity contribution < 1.29 is 9.90 Å². The Kier molecular flexibility index (Phi) is 4.85. The quantitative estimate of drug-likeness (QED) is 0.712. The molecule has 2 heterocycles. The van der Waals surface area contributed by atoms with E-state index in [1.54, 1.807) is 9.58 Å². The van der Waals surface area contributed by atoms with Crippen molar-refractivity contribution in [1.29, 1.82) is 0 Å². The maximum absolute atomic E-state index is 13.1. The maximum Gasteiger partial charge on any atom is 0.276 e. The Balaban J connectivity index is 1.77. The van der Waals surface area contributed by atoms with Gasteiger partial charge in [-0.3, -0.25) is 14.3 Å². The Hall–Kier alpha value is -3.41. The van der Waals surface area contributed by atoms with E-state index in [2.05, 4.69) is 53.6 Å². The molecule has 5 rings (SSSR count). The van der Waals surface area contributed by atoms with E-state index in [0.717, 1.165) is 25.5 Å². The molecule has 1 aromatic heterocycles. The van der Waals surface area contributed by atoms with Crippen molar-refractivity contribution in [3.63, 3.8) is 0 Å². The fraction of sp³-hybridized carbons (Fsp3) is 0.320. The molecule has 1 N–H and O–H groups in total. The molecule has 0 fully saturated rings. The van der Waals surface area contributed by atoms with Crippen molar-refractivity contribution in [2.24, 2.45) is 0 Å². The van der Waals surface area contributed by atoms with Crippen LogP contribution in [0.25, 0.3) is 0 Å². The lowest BCUT2D eigenvalue weighted by Gasteiger charge is -2.39. The van der Waals surface area contributed by atoms with E-state index in [-0.39, 0.29) is 23.6 Å². The smallest absolute Gasteiger partial charge is 0.276 e. The van der Waals surface area contributed by atoms with Crippen molar-refractivity contribution in [2.45, 2.75) is 38.1 Å². The maximum atomic E-state index is 13.1. The first-order chi connectivity index (χ1) is 15.1. The van der Waals surface area contributed by atoms with Crippen LogP contribution in [0.3, 0.4) is 0 Å². The summed E-state index contributed by atoms with van der Waals surface area (Å²) in [5.41, 5.74) is 4.38. The standard InChI is InChI=1S/C25H25N3O3/c1-2-13-27-15-20(28-23(25(27)31)24(30)21(29)14-26-28)22-18-9-5-3-7-16(18)11-12-17-8-4-6-10-19(17)22/h3-10,14,20,22,30H,2,11-13,15H2,1H3/t20-/m0/s1. The van der Waals surface area contributed by atoms with Gasteiger partial charge in [-0.05, 0) is 41.5 Å². The van der Waals surface area contributed by atoms with Crippen LogP contribution in [0.4, 0.5) is 0 Å². The van der Waals surface area contributed by atoms with E-state index in [1.165, 1.54) is 22.3 Å². The summed E-state index contributed by atoms with van der Waals surface area (Å²) in [4.78, 5) is 27.0. The third-order valence-corrected chi connectivity index (χ3v) is 6.52. The number of benzene rings is 2. The molecule has 0 saturated carbocycles. The number of aryl methyl sites for hydroxylation is 2. The predicted octanol–water partition coefficient (Wildman–Crippen LogP) is 3.29. The largest absolute Gasteiger partial charge is 0.502 e. The van der Waals surface area contributed by atoms with Gasteiger partial charge in [0.15, 0.2) is 11.4 Å². The molecule has 0 bridgehead atoms. The highest BCUT2D eigenvalue weighted by molar-refractivity contribution is 5.95. The second kappa shape index (κ2) is 7.69. The molecule has 1 atom stereocenters. The summed E-state index contributed by atoms with van der Waals surface area (Å²) >= 11 is 0. The molecule has 2 aromatic carbocycles. The number of carbonyl (C=O) groups is 1. The molecule has 6 heteroatoms. The predicted molar refractivity (Wildman–Crippen MR) is 118 cm³/mol. The van der Waals surface area contributed by atoms with Gasteiger partial charge in [0, 0.05) is 19.0 Å². The van der Waals surface area contributed by atoms with E-state index < -0.39 is 11.2 Å². The van der Waals surface area contributed by atoms with Crippen LogP contribution in [0.15, 0.2) is 59.5 Å². The van der Waals surface area contributed by atoms with Crippen LogP contribution in [0.1, 0.15) is 58.0 Å². The normalized spacial score (nSPS) is 18.2. The van der Waals surface area contributed by atoms with Gasteiger partial charge in [0.05, 0.1) is 12.2 Å². The minimum absolute atomic E-state index is 0.00332. The highest BCUT2D eigenvalue weighted by Gasteiger charge is 2.40. The number of carbonyl (C=O) groups excluding carboxylic acids is 1. The Bertz CT molecular complexity index is 1170. The summed E-state index contributed by atoms with van der Waals surface area (Å²) in [6.45, 7) is 3.06. The number of aromatic nitrogens is 2. The summed E-state index contributed by atoms with van der Waals surface area (Å²) in [6.07, 6.45) is 3.80. The van der Waals surface area contributed by atoms with Crippen molar-refractivity contribution in [2.75, 3.05) is 13.1 Å². The lowest BCUT2D eigenvalue weighted by atomic mass is 9.81. The van der Waals surface area contributed by atoms with Crippen molar-refractivity contribution in [1.82, 2.24) is 14.7 Å². The molecule has 6 nitrogen and oxygen atoms in total. The summed E-state index contributed by atoms with van der Waals surface area (Å²) in [5, 5.41) is 14.9. The van der Waals surface area contributed by atoms with Gasteiger partial charge in [-0.25, -0.2) is 0 Å². The average Bonchev–Trinajstić information content (AvgIpc) is 2.95. The molecule has 1 aliphatic carbocycles. The van der Waals surface area contributed by atoms with Gasteiger partial charge in [0.1, 0.15) is 0 Å². The Morgan fingerprint density at radius 3 is 2.23 bits per heavy atom. The zero-order chi connectivity index (χ0) is 21.5. The van der Waals surface area contributed by atoms with Gasteiger partial charge in [-0.1, -0.05) is 55.5 Å². The number of fused-ring (bicyclic) bond motifs is 3. The first kappa shape index (κ1) is 19.5. The highest BCUT2D eigenvalue weighted by Crippen LogP contribution is 2.43. The van der Waals surface area contributed by atoms with Crippen LogP contribution in [-0.2, 0) is 12.8 Å². The number of aromatic hydroxyl groups is 1. The van der Waals surface area contributed by atoms with Crippen molar-refractivity contribution in [3.05, 3.63) is 92.9 Å². The molecule has 0 saturated heterocycles. The SMILES string of the molecule is CCCN1C[C@@H](C2c3ccccc3CCc3ccccc32)n2ncc(=O)c(O)c2C1=O. The molecule has 0 unspecified atom stereocenters. The molecule has 0 spiro atoms. The van der Waals surface area contributed by atoms with E-state index in [0.29, 0.717) is 13.1 Å². The van der Waals surface area contributed by atoms with Gasteiger partial charge in [-0.15, -0.1) is 0 Å². The van der Waals surface area contributed by atoms with Gasteiger partial charge in [0.2, 0.25) is 5.43 Å². The van der Waals surface area contributed by atoms with Crippen molar-refractivity contribution in [3.8, 4) is 5.75 Å². The zero-order valence-electron chi connectivity index (χ0n) is 17.5. The Morgan fingerprint density at radius 2 is 1.61 bits per heavy atom. The molecule has 31 heavy (non-hydrogen) atoms. The first-order valence-corrected chi connectivity index (χ1v) is 10.9. The number of rotatable bonds is 3. The molecule has 2 aliphatic rings. The second-order valence-electron chi connectivity index (χ2n) is 8.34. The number of hydrogen-bond acceptors (Lipinski definition) is 4. The summed E-state index contributed by atoms with van der Waals surface area (Å²) < 4.78 is 1.59. The van der Waals surface area contributed by atoms with Gasteiger partial charge >= 0.3 is 0 Å².